The van der Waals surface area contributed by atoms with Crippen LogP contribution in [0.15, 0.2) is 36.9 Å². The van der Waals surface area contributed by atoms with Gasteiger partial charge in [0.05, 0.1) is 34.1 Å². The van der Waals surface area contributed by atoms with Gasteiger partial charge in [0.1, 0.15) is 17.7 Å². The number of hydrogen-bond acceptors (Lipinski definition) is 10. The first-order valence-electron chi connectivity index (χ1n) is 12.5. The zero-order valence-electron chi connectivity index (χ0n) is 20.9. The molecule has 2 aliphatic rings. The molecule has 0 bridgehead atoms. The molecule has 13 nitrogen and oxygen atoms in total. The molecule has 1 aliphatic carbocycles. The van der Waals surface area contributed by atoms with Crippen LogP contribution in [0.25, 0.3) is 22.3 Å². The van der Waals surface area contributed by atoms with Crippen molar-refractivity contribution < 1.29 is 18.3 Å². The summed E-state index contributed by atoms with van der Waals surface area (Å²) in [5.74, 6) is 1.43. The highest BCUT2D eigenvalue weighted by Gasteiger charge is 2.38. The van der Waals surface area contributed by atoms with Crippen LogP contribution in [0.1, 0.15) is 45.6 Å². The van der Waals surface area contributed by atoms with Crippen LogP contribution in [-0.2, 0) is 14.8 Å². The average molecular weight is 538 g/mol. The molecule has 14 heteroatoms. The van der Waals surface area contributed by atoms with Crippen molar-refractivity contribution in [2.24, 2.45) is 0 Å². The SMILES string of the molecule is CCC(C)n1nc(N2CCC(O)C2=O)c2cnc(Nc3ccnc(-c4cnn(S(=O)(=O)C5CC5)c4)n3)cc21. The summed E-state index contributed by atoms with van der Waals surface area (Å²) in [6.45, 7) is 4.50. The Morgan fingerprint density at radius 2 is 2.00 bits per heavy atom. The Hall–Kier alpha value is -3.91. The Bertz CT molecular complexity index is 1640. The van der Waals surface area contributed by atoms with E-state index in [0.717, 1.165) is 16.0 Å². The highest BCUT2D eigenvalue weighted by molar-refractivity contribution is 7.90. The summed E-state index contributed by atoms with van der Waals surface area (Å²) in [7, 11) is -3.48. The van der Waals surface area contributed by atoms with E-state index in [0.29, 0.717) is 60.0 Å². The minimum atomic E-state index is -3.48. The van der Waals surface area contributed by atoms with Gasteiger partial charge in [0.25, 0.3) is 15.9 Å². The Labute approximate surface area is 218 Å². The minimum absolute atomic E-state index is 0.0678. The number of aliphatic hydroxyl groups is 1. The molecule has 1 saturated heterocycles. The van der Waals surface area contributed by atoms with Crippen LogP contribution in [0.2, 0.25) is 0 Å². The first kappa shape index (κ1) is 24.4. The van der Waals surface area contributed by atoms with Crippen molar-refractivity contribution >= 4 is 44.3 Å². The second-order valence-corrected chi connectivity index (χ2v) is 11.7. The molecule has 6 rings (SSSR count). The number of rotatable bonds is 8. The van der Waals surface area contributed by atoms with Gasteiger partial charge in [-0.1, -0.05) is 6.92 Å². The zero-order valence-corrected chi connectivity index (χ0v) is 21.7. The first-order valence-corrected chi connectivity index (χ1v) is 14.0. The van der Waals surface area contributed by atoms with Crippen LogP contribution in [0, 0.1) is 0 Å². The van der Waals surface area contributed by atoms with Gasteiger partial charge in [0.15, 0.2) is 11.6 Å². The lowest BCUT2D eigenvalue weighted by Crippen LogP contribution is -2.29. The molecule has 2 atom stereocenters. The summed E-state index contributed by atoms with van der Waals surface area (Å²) in [6, 6.07) is 3.60. The molecular formula is C24H27N9O4S. The Morgan fingerprint density at radius 3 is 2.71 bits per heavy atom. The van der Waals surface area contributed by atoms with E-state index < -0.39 is 16.1 Å². The fourth-order valence-corrected chi connectivity index (χ4v) is 5.92. The maximum atomic E-state index is 12.5. The lowest BCUT2D eigenvalue weighted by Gasteiger charge is -2.13. The quantitative estimate of drug-likeness (QED) is 0.341. The summed E-state index contributed by atoms with van der Waals surface area (Å²) < 4.78 is 27.8. The second kappa shape index (κ2) is 9.13. The van der Waals surface area contributed by atoms with Gasteiger partial charge in [0.2, 0.25) is 0 Å². The van der Waals surface area contributed by atoms with Crippen molar-refractivity contribution in [3.63, 3.8) is 0 Å². The molecule has 198 valence electrons. The van der Waals surface area contributed by atoms with E-state index in [1.165, 1.54) is 17.3 Å². The van der Waals surface area contributed by atoms with E-state index in [2.05, 4.69) is 32.3 Å². The largest absolute Gasteiger partial charge is 0.383 e. The molecule has 1 amide bonds. The third kappa shape index (κ3) is 4.19. The molecule has 4 aromatic heterocycles. The zero-order chi connectivity index (χ0) is 26.6. The monoisotopic (exact) mass is 537 g/mol. The van der Waals surface area contributed by atoms with Gasteiger partial charge in [-0.3, -0.25) is 14.4 Å². The lowest BCUT2D eigenvalue weighted by atomic mass is 10.2. The summed E-state index contributed by atoms with van der Waals surface area (Å²) in [5, 5.41) is 22.2. The second-order valence-electron chi connectivity index (χ2n) is 9.64. The number of nitrogens with one attached hydrogen (secondary N) is 1. The Kier molecular flexibility index (Phi) is 5.87. The predicted molar refractivity (Wildman–Crippen MR) is 139 cm³/mol. The third-order valence-electron chi connectivity index (χ3n) is 6.95. The minimum Gasteiger partial charge on any atom is -0.383 e. The van der Waals surface area contributed by atoms with Gasteiger partial charge in [-0.25, -0.2) is 23.4 Å². The van der Waals surface area contributed by atoms with E-state index in [1.54, 1.807) is 18.5 Å². The van der Waals surface area contributed by atoms with Gasteiger partial charge in [0, 0.05) is 37.5 Å². The maximum Gasteiger partial charge on any atom is 0.257 e. The molecular weight excluding hydrogens is 510 g/mol. The van der Waals surface area contributed by atoms with Gasteiger partial charge >= 0.3 is 0 Å². The highest BCUT2D eigenvalue weighted by atomic mass is 32.2. The molecule has 2 N–H and O–H groups in total. The summed E-state index contributed by atoms with van der Waals surface area (Å²) in [5.41, 5.74) is 1.28. The number of amides is 1. The maximum absolute atomic E-state index is 12.5. The molecule has 38 heavy (non-hydrogen) atoms. The number of aromatic nitrogens is 7. The van der Waals surface area contributed by atoms with E-state index in [4.69, 9.17) is 5.10 Å². The number of hydrogen-bond donors (Lipinski definition) is 2. The third-order valence-corrected chi connectivity index (χ3v) is 8.98. The van der Waals surface area contributed by atoms with Crippen molar-refractivity contribution in [1.82, 2.24) is 33.9 Å². The van der Waals surface area contributed by atoms with Crippen molar-refractivity contribution in [3.05, 3.63) is 36.9 Å². The molecule has 0 spiro atoms. The number of pyridine rings is 1. The number of fused-ring (bicyclic) bond motifs is 1. The predicted octanol–water partition coefficient (Wildman–Crippen LogP) is 2.24. The van der Waals surface area contributed by atoms with Crippen LogP contribution >= 0.6 is 0 Å². The lowest BCUT2D eigenvalue weighted by molar-refractivity contribution is -0.124. The number of aliphatic hydroxyl groups excluding tert-OH is 1. The molecule has 2 unspecified atom stereocenters. The fourth-order valence-electron chi connectivity index (χ4n) is 4.44. The van der Waals surface area contributed by atoms with Gasteiger partial charge in [-0.15, -0.1) is 0 Å². The molecule has 1 saturated carbocycles. The number of anilines is 3. The van der Waals surface area contributed by atoms with Gasteiger partial charge in [-0.2, -0.15) is 14.3 Å². The van der Waals surface area contributed by atoms with Crippen LogP contribution < -0.4 is 10.2 Å². The normalized spacial score (nSPS) is 18.9. The van der Waals surface area contributed by atoms with Gasteiger partial charge < -0.3 is 10.4 Å². The first-order chi connectivity index (χ1) is 18.3. The number of nitrogens with zero attached hydrogens (tertiary/aromatic N) is 8. The van der Waals surface area contributed by atoms with Crippen molar-refractivity contribution in [3.8, 4) is 11.4 Å². The molecule has 0 aromatic carbocycles. The van der Waals surface area contributed by atoms with Crippen molar-refractivity contribution in [2.75, 3.05) is 16.8 Å². The van der Waals surface area contributed by atoms with E-state index in [9.17, 15) is 18.3 Å². The molecule has 1 aliphatic heterocycles. The summed E-state index contributed by atoms with van der Waals surface area (Å²) >= 11 is 0. The Morgan fingerprint density at radius 1 is 1.18 bits per heavy atom. The number of carbonyl (C=O) groups is 1. The average Bonchev–Trinajstić information content (AvgIpc) is 3.42. The highest BCUT2D eigenvalue weighted by Crippen LogP contribution is 2.33. The molecule has 5 heterocycles. The van der Waals surface area contributed by atoms with Gasteiger partial charge in [-0.05, 0) is 32.3 Å². The van der Waals surface area contributed by atoms with E-state index in [1.807, 2.05) is 17.7 Å². The van der Waals surface area contributed by atoms with Crippen molar-refractivity contribution in [1.29, 1.82) is 0 Å². The van der Waals surface area contributed by atoms with Crippen LogP contribution in [0.5, 0.6) is 0 Å². The van der Waals surface area contributed by atoms with Crippen LogP contribution in [0.3, 0.4) is 0 Å². The summed E-state index contributed by atoms with van der Waals surface area (Å²) in [4.78, 5) is 27.3. The van der Waals surface area contributed by atoms with Crippen molar-refractivity contribution in [2.45, 2.75) is 56.9 Å². The topological polar surface area (TPSA) is 161 Å². The summed E-state index contributed by atoms with van der Waals surface area (Å²) in [6.07, 6.45) is 7.58. The standard InChI is InChI=1S/C24H27N9O4S/c1-3-14(2)33-18-10-21(26-12-17(18)23(30-33)31-9-7-19(34)24(31)35)28-20-6-8-25-22(29-20)15-11-27-32(13-15)38(36,37)16-4-5-16/h6,8,10-14,16,19,34H,3-5,7,9H2,1-2H3,(H,25,26,28,29). The van der Waals surface area contributed by atoms with E-state index >= 15 is 0 Å². The van der Waals surface area contributed by atoms with E-state index in [-0.39, 0.29) is 17.2 Å². The number of carbonyl (C=O) groups excluding carboxylic acids is 1. The van der Waals surface area contributed by atoms with Crippen LogP contribution in [0.4, 0.5) is 17.5 Å². The smallest absolute Gasteiger partial charge is 0.257 e. The Balaban J connectivity index is 1.31. The molecule has 4 aromatic rings. The van der Waals surface area contributed by atoms with Crippen LogP contribution in [-0.4, -0.2) is 71.2 Å². The molecule has 0 radical (unpaired) electrons. The fraction of sp³-hybridized carbons (Fsp3) is 0.417. The molecule has 2 fully saturated rings.